The van der Waals surface area contributed by atoms with Crippen molar-refractivity contribution in [2.75, 3.05) is 0 Å². The summed E-state index contributed by atoms with van der Waals surface area (Å²) in [6.07, 6.45) is 0. The third-order valence-corrected chi connectivity index (χ3v) is 3.94. The Balaban J connectivity index is 2.37. The number of hydrogen-bond acceptors (Lipinski definition) is 3. The summed E-state index contributed by atoms with van der Waals surface area (Å²) in [6, 6.07) is 11.6. The molecule has 2 aromatic carbocycles. The van der Waals surface area contributed by atoms with Gasteiger partial charge in [0.2, 0.25) is 0 Å². The fourth-order valence-corrected chi connectivity index (χ4v) is 2.77. The fourth-order valence-electron chi connectivity index (χ4n) is 1.47. The van der Waals surface area contributed by atoms with Crippen molar-refractivity contribution in [2.45, 2.75) is 9.79 Å². The maximum Gasteiger partial charge on any atom is 0.171 e. The molecule has 6 heteroatoms. The number of amidine groups is 1. The highest BCUT2D eigenvalue weighted by Crippen LogP contribution is 2.32. The molecule has 0 atom stereocenters. The first-order valence-corrected chi connectivity index (χ1v) is 6.92. The van der Waals surface area contributed by atoms with Crippen molar-refractivity contribution in [3.8, 4) is 0 Å². The van der Waals surface area contributed by atoms with E-state index < -0.39 is 0 Å². The Labute approximate surface area is 122 Å². The van der Waals surface area contributed by atoms with E-state index in [2.05, 4.69) is 21.1 Å². The lowest BCUT2D eigenvalue weighted by Gasteiger charge is -2.08. The zero-order valence-corrected chi connectivity index (χ0v) is 12.1. The molecule has 0 spiro atoms. The second-order valence-electron chi connectivity index (χ2n) is 3.68. The molecule has 0 fully saturated rings. The molecule has 0 amide bonds. The van der Waals surface area contributed by atoms with Gasteiger partial charge >= 0.3 is 0 Å². The molecule has 0 aromatic heterocycles. The predicted molar refractivity (Wildman–Crippen MR) is 77.2 cm³/mol. The Kier molecular flexibility index (Phi) is 4.44. The highest BCUT2D eigenvalue weighted by Gasteiger charge is 2.09. The summed E-state index contributed by atoms with van der Waals surface area (Å²) in [5.74, 6) is -0.247. The summed E-state index contributed by atoms with van der Waals surface area (Å²) in [5.41, 5.74) is 6.26. The highest BCUT2D eigenvalue weighted by molar-refractivity contribution is 9.10. The third-order valence-electron chi connectivity index (χ3n) is 2.37. The number of hydrogen-bond donors (Lipinski definition) is 2. The van der Waals surface area contributed by atoms with Crippen molar-refractivity contribution >= 4 is 33.5 Å². The van der Waals surface area contributed by atoms with Gasteiger partial charge in [0.1, 0.15) is 5.82 Å². The van der Waals surface area contributed by atoms with Crippen LogP contribution >= 0.6 is 27.7 Å². The molecule has 0 bridgehead atoms. The van der Waals surface area contributed by atoms with Crippen LogP contribution in [-0.4, -0.2) is 11.0 Å². The summed E-state index contributed by atoms with van der Waals surface area (Å²) in [7, 11) is 0. The van der Waals surface area contributed by atoms with E-state index in [1.54, 1.807) is 18.2 Å². The van der Waals surface area contributed by atoms with Gasteiger partial charge in [-0.25, -0.2) is 4.39 Å². The van der Waals surface area contributed by atoms with Gasteiger partial charge in [-0.05, 0) is 42.5 Å². The molecule has 0 heterocycles. The normalized spacial score (nSPS) is 11.6. The number of oxime groups is 1. The Morgan fingerprint density at radius 1 is 1.21 bits per heavy atom. The largest absolute Gasteiger partial charge is 0.409 e. The van der Waals surface area contributed by atoms with Gasteiger partial charge in [0.25, 0.3) is 0 Å². The summed E-state index contributed by atoms with van der Waals surface area (Å²) in [5, 5.41) is 11.8. The first-order chi connectivity index (χ1) is 9.10. The summed E-state index contributed by atoms with van der Waals surface area (Å²) in [4.78, 5) is 1.70. The average Bonchev–Trinajstić information content (AvgIpc) is 2.42. The van der Waals surface area contributed by atoms with Gasteiger partial charge in [0.05, 0.1) is 0 Å². The molecule has 3 nitrogen and oxygen atoms in total. The van der Waals surface area contributed by atoms with Gasteiger partial charge in [-0.3, -0.25) is 0 Å². The van der Waals surface area contributed by atoms with Gasteiger partial charge in [-0.2, -0.15) is 0 Å². The molecule has 0 saturated heterocycles. The minimum atomic E-state index is -0.281. The molecule has 0 unspecified atom stereocenters. The van der Waals surface area contributed by atoms with Gasteiger partial charge < -0.3 is 10.9 Å². The standard InChI is InChI=1S/C13H10BrFN2OS/c14-8-1-6-12(11(7-8)13(16)17-18)19-10-4-2-9(15)3-5-10/h1-7,18H,(H2,16,17). The van der Waals surface area contributed by atoms with Crippen LogP contribution in [0.4, 0.5) is 4.39 Å². The Morgan fingerprint density at radius 3 is 2.53 bits per heavy atom. The van der Waals surface area contributed by atoms with E-state index in [-0.39, 0.29) is 11.7 Å². The zero-order chi connectivity index (χ0) is 13.8. The molecule has 98 valence electrons. The lowest BCUT2D eigenvalue weighted by Crippen LogP contribution is -2.14. The smallest absolute Gasteiger partial charge is 0.171 e. The molecule has 0 saturated carbocycles. The van der Waals surface area contributed by atoms with Crippen molar-refractivity contribution in [3.05, 3.63) is 58.3 Å². The van der Waals surface area contributed by atoms with Crippen molar-refractivity contribution in [1.82, 2.24) is 0 Å². The molecular weight excluding hydrogens is 331 g/mol. The second kappa shape index (κ2) is 6.08. The number of rotatable bonds is 3. The van der Waals surface area contributed by atoms with Crippen molar-refractivity contribution in [3.63, 3.8) is 0 Å². The molecule has 0 radical (unpaired) electrons. The number of nitrogens with two attached hydrogens (primary N) is 1. The van der Waals surface area contributed by atoms with Gasteiger partial charge in [0, 0.05) is 19.8 Å². The van der Waals surface area contributed by atoms with Crippen LogP contribution in [0, 0.1) is 5.82 Å². The Morgan fingerprint density at radius 2 is 1.89 bits per heavy atom. The van der Waals surface area contributed by atoms with E-state index in [0.717, 1.165) is 14.3 Å². The molecule has 3 N–H and O–H groups in total. The van der Waals surface area contributed by atoms with Crippen molar-refractivity contribution in [1.29, 1.82) is 0 Å². The van der Waals surface area contributed by atoms with Gasteiger partial charge in [0.15, 0.2) is 5.84 Å². The maximum absolute atomic E-state index is 12.9. The van der Waals surface area contributed by atoms with Crippen LogP contribution in [0.5, 0.6) is 0 Å². The minimum Gasteiger partial charge on any atom is -0.409 e. The van der Waals surface area contributed by atoms with Gasteiger partial charge in [-0.15, -0.1) is 0 Å². The van der Waals surface area contributed by atoms with Crippen molar-refractivity contribution < 1.29 is 9.60 Å². The summed E-state index contributed by atoms with van der Waals surface area (Å²) >= 11 is 4.75. The summed E-state index contributed by atoms with van der Waals surface area (Å²) < 4.78 is 13.7. The van der Waals surface area contributed by atoms with Crippen LogP contribution in [0.1, 0.15) is 5.56 Å². The van der Waals surface area contributed by atoms with E-state index in [4.69, 9.17) is 10.9 Å². The molecule has 19 heavy (non-hydrogen) atoms. The van der Waals surface area contributed by atoms with Crippen LogP contribution in [-0.2, 0) is 0 Å². The third kappa shape index (κ3) is 3.48. The van der Waals surface area contributed by atoms with Crippen LogP contribution in [0.15, 0.2) is 61.9 Å². The zero-order valence-electron chi connectivity index (χ0n) is 9.68. The number of nitrogens with zero attached hydrogens (tertiary/aromatic N) is 1. The summed E-state index contributed by atoms with van der Waals surface area (Å²) in [6.45, 7) is 0. The van der Waals surface area contributed by atoms with Crippen LogP contribution < -0.4 is 5.73 Å². The monoisotopic (exact) mass is 340 g/mol. The molecule has 0 aliphatic heterocycles. The molecule has 2 rings (SSSR count). The van der Waals surface area contributed by atoms with E-state index in [0.29, 0.717) is 5.56 Å². The number of halogens is 2. The molecule has 2 aromatic rings. The van der Waals surface area contributed by atoms with Gasteiger partial charge in [-0.1, -0.05) is 32.8 Å². The van der Waals surface area contributed by atoms with Crippen LogP contribution in [0.25, 0.3) is 0 Å². The lowest BCUT2D eigenvalue weighted by atomic mass is 10.2. The predicted octanol–water partition coefficient (Wildman–Crippen LogP) is 3.83. The average molecular weight is 341 g/mol. The van der Waals surface area contributed by atoms with E-state index in [1.807, 2.05) is 12.1 Å². The first kappa shape index (κ1) is 13.9. The highest BCUT2D eigenvalue weighted by atomic mass is 79.9. The molecule has 0 aliphatic rings. The maximum atomic E-state index is 12.9. The lowest BCUT2D eigenvalue weighted by molar-refractivity contribution is 0.318. The van der Waals surface area contributed by atoms with E-state index in [9.17, 15) is 4.39 Å². The first-order valence-electron chi connectivity index (χ1n) is 5.31. The Bertz CT molecular complexity index is 617. The topological polar surface area (TPSA) is 58.6 Å². The van der Waals surface area contributed by atoms with E-state index >= 15 is 0 Å². The van der Waals surface area contributed by atoms with Crippen LogP contribution in [0.3, 0.4) is 0 Å². The SMILES string of the molecule is N/C(=N/O)c1cc(Br)ccc1Sc1ccc(F)cc1. The molecule has 0 aliphatic carbocycles. The fraction of sp³-hybridized carbons (Fsp3) is 0. The van der Waals surface area contributed by atoms with Crippen LogP contribution in [0.2, 0.25) is 0 Å². The Hall–Kier alpha value is -1.53. The number of benzene rings is 2. The minimum absolute atomic E-state index is 0.0333. The van der Waals surface area contributed by atoms with Crippen molar-refractivity contribution in [2.24, 2.45) is 10.9 Å². The molecular formula is C13H10BrFN2OS. The quantitative estimate of drug-likeness (QED) is 0.386. The second-order valence-corrected chi connectivity index (χ2v) is 5.71. The van der Waals surface area contributed by atoms with E-state index in [1.165, 1.54) is 23.9 Å².